The topological polar surface area (TPSA) is 79.4 Å². The zero-order valence-corrected chi connectivity index (χ0v) is 16.7. The van der Waals surface area contributed by atoms with Crippen LogP contribution in [0.3, 0.4) is 0 Å². The number of amides is 3. The molecule has 2 heterocycles. The Balaban J connectivity index is 1.37. The average Bonchev–Trinajstić information content (AvgIpc) is 3.26. The molecule has 29 heavy (non-hydrogen) atoms. The highest BCUT2D eigenvalue weighted by atomic mass is 32.1. The number of carbonyl (C=O) groups is 3. The van der Waals surface area contributed by atoms with Gasteiger partial charge in [0.25, 0.3) is 5.91 Å². The van der Waals surface area contributed by atoms with Gasteiger partial charge in [-0.25, -0.2) is 4.98 Å². The van der Waals surface area contributed by atoms with Gasteiger partial charge in [0.1, 0.15) is 0 Å². The van der Waals surface area contributed by atoms with Gasteiger partial charge in [-0.15, -0.1) is 11.3 Å². The van der Waals surface area contributed by atoms with E-state index >= 15 is 0 Å². The molecule has 1 aromatic carbocycles. The van der Waals surface area contributed by atoms with Crippen LogP contribution in [0.15, 0.2) is 36.4 Å². The summed E-state index contributed by atoms with van der Waals surface area (Å²) in [4.78, 5) is 45.4. The molecule has 1 fully saturated rings. The van der Waals surface area contributed by atoms with Crippen LogP contribution in [0.25, 0.3) is 0 Å². The standard InChI is InChI=1S/C22H21N3O3S/c26-19(24-22-23-17-10-3-4-11-18(17)29-22)13-6-5-7-14(12-13)25-20(27)15-8-1-2-9-16(15)21(25)28/h1-2,5-7,12,15-16H,3-4,8-11H2,(H,23,24,26)/t15-,16-/m0/s1. The number of carbonyl (C=O) groups excluding carboxylic acids is 3. The zero-order valence-electron chi connectivity index (χ0n) is 15.9. The fourth-order valence-corrected chi connectivity index (χ4v) is 5.46. The number of hydrogen-bond acceptors (Lipinski definition) is 5. The SMILES string of the molecule is O=C(Nc1nc2c(s1)CCCC2)c1cccc(N2C(=O)[C@H]3CC=CC[C@@H]3C2=O)c1. The number of imide groups is 1. The maximum Gasteiger partial charge on any atom is 0.257 e. The lowest BCUT2D eigenvalue weighted by Gasteiger charge is -2.15. The van der Waals surface area contributed by atoms with E-state index in [2.05, 4.69) is 10.3 Å². The molecule has 0 spiro atoms. The highest BCUT2D eigenvalue weighted by Gasteiger charge is 2.47. The summed E-state index contributed by atoms with van der Waals surface area (Å²) in [7, 11) is 0. The van der Waals surface area contributed by atoms with Crippen molar-refractivity contribution in [2.75, 3.05) is 10.2 Å². The number of aromatic nitrogens is 1. The molecule has 2 aromatic rings. The molecule has 148 valence electrons. The van der Waals surface area contributed by atoms with Crippen LogP contribution in [0.2, 0.25) is 0 Å². The van der Waals surface area contributed by atoms with Crippen molar-refractivity contribution in [2.24, 2.45) is 11.8 Å². The number of allylic oxidation sites excluding steroid dienone is 2. The van der Waals surface area contributed by atoms with Crippen molar-refractivity contribution >= 4 is 39.9 Å². The first-order valence-electron chi connectivity index (χ1n) is 10.0. The van der Waals surface area contributed by atoms with Crippen LogP contribution in [0.4, 0.5) is 10.8 Å². The largest absolute Gasteiger partial charge is 0.298 e. The second-order valence-electron chi connectivity index (χ2n) is 7.77. The highest BCUT2D eigenvalue weighted by Crippen LogP contribution is 2.38. The molecule has 7 heteroatoms. The van der Waals surface area contributed by atoms with E-state index in [9.17, 15) is 14.4 Å². The zero-order chi connectivity index (χ0) is 20.0. The van der Waals surface area contributed by atoms with E-state index in [-0.39, 0.29) is 29.6 Å². The first-order chi connectivity index (χ1) is 14.1. The Kier molecular flexibility index (Phi) is 4.54. The number of nitrogens with zero attached hydrogens (tertiary/aromatic N) is 2. The first kappa shape index (κ1) is 18.2. The van der Waals surface area contributed by atoms with Gasteiger partial charge in [0.2, 0.25) is 11.8 Å². The molecule has 0 unspecified atom stereocenters. The van der Waals surface area contributed by atoms with Gasteiger partial charge >= 0.3 is 0 Å². The van der Waals surface area contributed by atoms with Crippen molar-refractivity contribution in [1.82, 2.24) is 4.98 Å². The Morgan fingerprint density at radius 1 is 1.07 bits per heavy atom. The molecule has 0 bridgehead atoms. The Labute approximate surface area is 172 Å². The molecule has 0 saturated carbocycles. The fraction of sp³-hybridized carbons (Fsp3) is 0.364. The van der Waals surface area contributed by atoms with Crippen LogP contribution in [0.1, 0.15) is 46.6 Å². The monoisotopic (exact) mass is 407 g/mol. The van der Waals surface area contributed by atoms with Gasteiger partial charge in [0.05, 0.1) is 23.2 Å². The van der Waals surface area contributed by atoms with Gasteiger partial charge in [-0.3, -0.25) is 24.6 Å². The smallest absolute Gasteiger partial charge is 0.257 e. The van der Waals surface area contributed by atoms with E-state index in [4.69, 9.17) is 0 Å². The van der Waals surface area contributed by atoms with Crippen LogP contribution >= 0.6 is 11.3 Å². The summed E-state index contributed by atoms with van der Waals surface area (Å²) in [5.74, 6) is -1.20. The minimum atomic E-state index is -0.286. The summed E-state index contributed by atoms with van der Waals surface area (Å²) in [5.41, 5.74) is 1.96. The summed E-state index contributed by atoms with van der Waals surface area (Å²) in [6.07, 6.45) is 9.42. The summed E-state index contributed by atoms with van der Waals surface area (Å²) < 4.78 is 0. The third-order valence-electron chi connectivity index (χ3n) is 5.94. The molecule has 1 saturated heterocycles. The van der Waals surface area contributed by atoms with Gasteiger partial charge in [-0.1, -0.05) is 18.2 Å². The average molecular weight is 407 g/mol. The summed E-state index contributed by atoms with van der Waals surface area (Å²) in [6.45, 7) is 0. The van der Waals surface area contributed by atoms with Gasteiger partial charge in [0, 0.05) is 10.4 Å². The van der Waals surface area contributed by atoms with Crippen molar-refractivity contribution in [3.05, 3.63) is 52.6 Å². The maximum atomic E-state index is 12.8. The molecule has 1 aromatic heterocycles. The second kappa shape index (κ2) is 7.22. The van der Waals surface area contributed by atoms with Gasteiger partial charge in [0.15, 0.2) is 5.13 Å². The molecule has 2 aliphatic carbocycles. The van der Waals surface area contributed by atoms with Crippen molar-refractivity contribution in [2.45, 2.75) is 38.5 Å². The first-order valence-corrected chi connectivity index (χ1v) is 10.9. The van der Waals surface area contributed by atoms with Crippen molar-refractivity contribution < 1.29 is 14.4 Å². The van der Waals surface area contributed by atoms with E-state index in [1.165, 1.54) is 27.5 Å². The number of rotatable bonds is 3. The molecule has 2 atom stereocenters. The van der Waals surface area contributed by atoms with E-state index in [1.807, 2.05) is 12.2 Å². The maximum absolute atomic E-state index is 12.8. The van der Waals surface area contributed by atoms with E-state index in [1.54, 1.807) is 24.3 Å². The number of fused-ring (bicyclic) bond motifs is 2. The Bertz CT molecular complexity index is 992. The second-order valence-corrected chi connectivity index (χ2v) is 8.85. The van der Waals surface area contributed by atoms with E-state index < -0.39 is 0 Å². The number of nitrogens with one attached hydrogen (secondary N) is 1. The molecule has 0 radical (unpaired) electrons. The third-order valence-corrected chi connectivity index (χ3v) is 7.01. The lowest BCUT2D eigenvalue weighted by atomic mass is 9.85. The number of thiazole rings is 1. The van der Waals surface area contributed by atoms with Gasteiger partial charge in [-0.2, -0.15) is 0 Å². The Hall–Kier alpha value is -2.80. The summed E-state index contributed by atoms with van der Waals surface area (Å²) in [5, 5.41) is 3.48. The normalized spacial score (nSPS) is 23.1. The van der Waals surface area contributed by atoms with Gasteiger partial charge < -0.3 is 0 Å². The lowest BCUT2D eigenvalue weighted by molar-refractivity contribution is -0.122. The number of anilines is 2. The highest BCUT2D eigenvalue weighted by molar-refractivity contribution is 7.15. The van der Waals surface area contributed by atoms with Gasteiger partial charge in [-0.05, 0) is 56.7 Å². The minimum absolute atomic E-state index is 0.172. The van der Waals surface area contributed by atoms with E-state index in [0.29, 0.717) is 29.2 Å². The Morgan fingerprint density at radius 2 is 1.79 bits per heavy atom. The fourth-order valence-electron chi connectivity index (χ4n) is 4.42. The predicted molar refractivity (Wildman–Crippen MR) is 111 cm³/mol. The minimum Gasteiger partial charge on any atom is -0.298 e. The molecule has 6 nitrogen and oxygen atoms in total. The van der Waals surface area contributed by atoms with Crippen molar-refractivity contribution in [1.29, 1.82) is 0 Å². The number of aryl methyl sites for hydroxylation is 2. The summed E-state index contributed by atoms with van der Waals surface area (Å²) in [6, 6.07) is 6.72. The molecule has 5 rings (SSSR count). The number of hydrogen-bond donors (Lipinski definition) is 1. The molecule has 1 aliphatic heterocycles. The van der Waals surface area contributed by atoms with Crippen molar-refractivity contribution in [3.8, 4) is 0 Å². The van der Waals surface area contributed by atoms with Crippen molar-refractivity contribution in [3.63, 3.8) is 0 Å². The summed E-state index contributed by atoms with van der Waals surface area (Å²) >= 11 is 1.53. The number of benzene rings is 1. The van der Waals surface area contributed by atoms with Crippen LogP contribution in [0.5, 0.6) is 0 Å². The Morgan fingerprint density at radius 3 is 2.52 bits per heavy atom. The molecule has 3 amide bonds. The quantitative estimate of drug-likeness (QED) is 0.621. The van der Waals surface area contributed by atoms with Crippen LogP contribution in [-0.4, -0.2) is 22.7 Å². The third kappa shape index (κ3) is 3.19. The van der Waals surface area contributed by atoms with Crippen LogP contribution in [0, 0.1) is 11.8 Å². The molecular formula is C22H21N3O3S. The lowest BCUT2D eigenvalue weighted by Crippen LogP contribution is -2.31. The van der Waals surface area contributed by atoms with Crippen LogP contribution in [-0.2, 0) is 22.4 Å². The van der Waals surface area contributed by atoms with E-state index in [0.717, 1.165) is 25.0 Å². The molecule has 1 N–H and O–H groups in total. The molecule has 3 aliphatic rings. The van der Waals surface area contributed by atoms with Crippen LogP contribution < -0.4 is 10.2 Å². The molecular weight excluding hydrogens is 386 g/mol. The predicted octanol–water partition coefficient (Wildman–Crippen LogP) is 3.73.